The van der Waals surface area contributed by atoms with Crippen LogP contribution >= 0.6 is 0 Å². The quantitative estimate of drug-likeness (QED) is 0.828. The topological polar surface area (TPSA) is 45.4 Å². The van der Waals surface area contributed by atoms with Crippen LogP contribution in [0.4, 0.5) is 0 Å². The van der Waals surface area contributed by atoms with Crippen LogP contribution in [0.3, 0.4) is 0 Å². The first-order valence-corrected chi connectivity index (χ1v) is 5.52. The minimum Gasteiger partial charge on any atom is -0.460 e. The van der Waals surface area contributed by atoms with Gasteiger partial charge < -0.3 is 14.8 Å². The molecule has 16 heavy (non-hydrogen) atoms. The summed E-state index contributed by atoms with van der Waals surface area (Å²) in [7, 11) is 0. The van der Waals surface area contributed by atoms with E-state index in [4.69, 9.17) is 9.52 Å². The molecule has 3 nitrogen and oxygen atoms in total. The number of hydrogen-bond donors (Lipinski definition) is 2. The molecule has 0 bridgehead atoms. The van der Waals surface area contributed by atoms with Crippen molar-refractivity contribution in [2.75, 3.05) is 6.61 Å². The van der Waals surface area contributed by atoms with E-state index in [2.05, 4.69) is 18.3 Å². The number of aryl methyl sites for hydroxylation is 1. The second-order valence-corrected chi connectivity index (χ2v) is 4.22. The fourth-order valence-electron chi connectivity index (χ4n) is 1.64. The van der Waals surface area contributed by atoms with Crippen LogP contribution in [-0.4, -0.2) is 17.8 Å². The molecule has 2 rings (SSSR count). The minimum atomic E-state index is 0.0925. The monoisotopic (exact) mass is 219 g/mol. The molecule has 0 amide bonds. The van der Waals surface area contributed by atoms with Gasteiger partial charge in [0.15, 0.2) is 0 Å². The molecule has 1 aromatic carbocycles. The number of hydrogen-bond acceptors (Lipinski definition) is 3. The van der Waals surface area contributed by atoms with Crippen LogP contribution in [0.5, 0.6) is 0 Å². The average Bonchev–Trinajstić information content (AvgIpc) is 2.67. The molecule has 0 aliphatic heterocycles. The summed E-state index contributed by atoms with van der Waals surface area (Å²) in [6, 6.07) is 8.27. The number of nitrogens with one attached hydrogen (secondary N) is 1. The smallest absolute Gasteiger partial charge is 0.134 e. The standard InChI is InChI=1S/C13H17NO2/c1-9-3-4-13-11(5-9)6-12(16-13)7-14-10(2)8-15/h3-6,10,14-15H,7-8H2,1-2H3/t10-/m0/s1. The zero-order valence-corrected chi connectivity index (χ0v) is 9.66. The van der Waals surface area contributed by atoms with Gasteiger partial charge in [-0.05, 0) is 32.0 Å². The Balaban J connectivity index is 2.13. The summed E-state index contributed by atoms with van der Waals surface area (Å²) in [5, 5.41) is 13.2. The maximum Gasteiger partial charge on any atom is 0.134 e. The van der Waals surface area contributed by atoms with E-state index in [9.17, 15) is 0 Å². The molecule has 0 saturated heterocycles. The van der Waals surface area contributed by atoms with Gasteiger partial charge in [0.1, 0.15) is 11.3 Å². The van der Waals surface area contributed by atoms with E-state index in [1.807, 2.05) is 25.1 Å². The van der Waals surface area contributed by atoms with Gasteiger partial charge in [0.25, 0.3) is 0 Å². The molecule has 0 aliphatic rings. The molecule has 1 atom stereocenters. The Hall–Kier alpha value is -1.32. The Labute approximate surface area is 95.1 Å². The largest absolute Gasteiger partial charge is 0.460 e. The lowest BCUT2D eigenvalue weighted by Gasteiger charge is -2.07. The minimum absolute atomic E-state index is 0.0925. The van der Waals surface area contributed by atoms with Gasteiger partial charge in [-0.15, -0.1) is 0 Å². The molecule has 1 heterocycles. The van der Waals surface area contributed by atoms with Gasteiger partial charge in [0.05, 0.1) is 13.2 Å². The Morgan fingerprint density at radius 1 is 1.38 bits per heavy atom. The van der Waals surface area contributed by atoms with Crippen molar-refractivity contribution in [3.8, 4) is 0 Å². The van der Waals surface area contributed by atoms with Crippen molar-refractivity contribution < 1.29 is 9.52 Å². The van der Waals surface area contributed by atoms with Crippen molar-refractivity contribution in [3.63, 3.8) is 0 Å². The molecule has 1 aromatic heterocycles. The lowest BCUT2D eigenvalue weighted by atomic mass is 10.2. The highest BCUT2D eigenvalue weighted by atomic mass is 16.3. The van der Waals surface area contributed by atoms with Crippen molar-refractivity contribution in [2.24, 2.45) is 0 Å². The van der Waals surface area contributed by atoms with Gasteiger partial charge in [-0.2, -0.15) is 0 Å². The molecule has 0 unspecified atom stereocenters. The first kappa shape index (κ1) is 11.2. The molecular formula is C13H17NO2. The average molecular weight is 219 g/mol. The maximum atomic E-state index is 8.90. The summed E-state index contributed by atoms with van der Waals surface area (Å²) >= 11 is 0. The number of aliphatic hydroxyl groups excluding tert-OH is 1. The van der Waals surface area contributed by atoms with Gasteiger partial charge in [-0.3, -0.25) is 0 Å². The summed E-state index contributed by atoms with van der Waals surface area (Å²) in [6.07, 6.45) is 0. The molecule has 86 valence electrons. The van der Waals surface area contributed by atoms with E-state index in [1.165, 1.54) is 5.56 Å². The number of aliphatic hydroxyl groups is 1. The third-order valence-electron chi connectivity index (χ3n) is 2.62. The summed E-state index contributed by atoms with van der Waals surface area (Å²) in [4.78, 5) is 0. The number of fused-ring (bicyclic) bond motifs is 1. The highest BCUT2D eigenvalue weighted by Crippen LogP contribution is 2.20. The predicted molar refractivity (Wildman–Crippen MR) is 64.3 cm³/mol. The molecular weight excluding hydrogens is 202 g/mol. The maximum absolute atomic E-state index is 8.90. The van der Waals surface area contributed by atoms with E-state index in [0.29, 0.717) is 6.54 Å². The van der Waals surface area contributed by atoms with Crippen molar-refractivity contribution in [1.29, 1.82) is 0 Å². The van der Waals surface area contributed by atoms with Crippen LogP contribution in [-0.2, 0) is 6.54 Å². The molecule has 0 fully saturated rings. The van der Waals surface area contributed by atoms with E-state index >= 15 is 0 Å². The molecule has 2 aromatic rings. The highest BCUT2D eigenvalue weighted by molar-refractivity contribution is 5.78. The fraction of sp³-hybridized carbons (Fsp3) is 0.385. The zero-order chi connectivity index (χ0) is 11.5. The molecule has 2 N–H and O–H groups in total. The molecule has 0 radical (unpaired) electrons. The van der Waals surface area contributed by atoms with E-state index in [-0.39, 0.29) is 12.6 Å². The van der Waals surface area contributed by atoms with Gasteiger partial charge in [-0.25, -0.2) is 0 Å². The molecule has 0 aliphatic carbocycles. The Morgan fingerprint density at radius 3 is 2.94 bits per heavy atom. The van der Waals surface area contributed by atoms with Crippen LogP contribution in [0.2, 0.25) is 0 Å². The normalized spacial score (nSPS) is 13.2. The third kappa shape index (κ3) is 2.43. The second-order valence-electron chi connectivity index (χ2n) is 4.22. The Bertz CT molecular complexity index is 476. The molecule has 0 spiro atoms. The van der Waals surface area contributed by atoms with Crippen LogP contribution in [0.1, 0.15) is 18.2 Å². The second kappa shape index (κ2) is 4.68. The number of rotatable bonds is 4. The van der Waals surface area contributed by atoms with Crippen molar-refractivity contribution in [1.82, 2.24) is 5.32 Å². The summed E-state index contributed by atoms with van der Waals surface area (Å²) < 4.78 is 5.67. The Kier molecular flexibility index (Phi) is 3.27. The van der Waals surface area contributed by atoms with Gasteiger partial charge >= 0.3 is 0 Å². The zero-order valence-electron chi connectivity index (χ0n) is 9.66. The van der Waals surface area contributed by atoms with Crippen molar-refractivity contribution in [3.05, 3.63) is 35.6 Å². The van der Waals surface area contributed by atoms with E-state index in [0.717, 1.165) is 16.7 Å². The van der Waals surface area contributed by atoms with Crippen LogP contribution in [0.25, 0.3) is 11.0 Å². The van der Waals surface area contributed by atoms with E-state index < -0.39 is 0 Å². The molecule has 3 heteroatoms. The third-order valence-corrected chi connectivity index (χ3v) is 2.62. The van der Waals surface area contributed by atoms with Crippen LogP contribution < -0.4 is 5.32 Å². The lowest BCUT2D eigenvalue weighted by molar-refractivity contribution is 0.248. The van der Waals surface area contributed by atoms with E-state index in [1.54, 1.807) is 0 Å². The summed E-state index contributed by atoms with van der Waals surface area (Å²) in [6.45, 7) is 4.79. The van der Waals surface area contributed by atoms with Crippen LogP contribution in [0, 0.1) is 6.92 Å². The first-order valence-electron chi connectivity index (χ1n) is 5.52. The Morgan fingerprint density at radius 2 is 2.19 bits per heavy atom. The number of furan rings is 1. The summed E-state index contributed by atoms with van der Waals surface area (Å²) in [5.74, 6) is 0.904. The lowest BCUT2D eigenvalue weighted by Crippen LogP contribution is -2.28. The van der Waals surface area contributed by atoms with Crippen molar-refractivity contribution >= 4 is 11.0 Å². The SMILES string of the molecule is Cc1ccc2oc(CN[C@@H](C)CO)cc2c1. The first-order chi connectivity index (χ1) is 7.69. The highest BCUT2D eigenvalue weighted by Gasteiger charge is 2.05. The van der Waals surface area contributed by atoms with Crippen LogP contribution in [0.15, 0.2) is 28.7 Å². The summed E-state index contributed by atoms with van der Waals surface area (Å²) in [5.41, 5.74) is 2.15. The van der Waals surface area contributed by atoms with Gasteiger partial charge in [0.2, 0.25) is 0 Å². The predicted octanol–water partition coefficient (Wildman–Crippen LogP) is 2.21. The van der Waals surface area contributed by atoms with Gasteiger partial charge in [0, 0.05) is 11.4 Å². The fourth-order valence-corrected chi connectivity index (χ4v) is 1.64. The van der Waals surface area contributed by atoms with Crippen molar-refractivity contribution in [2.45, 2.75) is 26.4 Å². The number of benzene rings is 1. The van der Waals surface area contributed by atoms with Gasteiger partial charge in [-0.1, -0.05) is 11.6 Å². The molecule has 0 saturated carbocycles.